The van der Waals surface area contributed by atoms with Crippen LogP contribution in [0.2, 0.25) is 0 Å². The number of hydrogen-bond donors (Lipinski definition) is 0. The highest BCUT2D eigenvalue weighted by Gasteiger charge is 2.64. The summed E-state index contributed by atoms with van der Waals surface area (Å²) in [5.74, 6) is 1.98. The van der Waals surface area contributed by atoms with Crippen LogP contribution in [0, 0.1) is 33.5 Å². The molecule has 0 aromatic heterocycles. The summed E-state index contributed by atoms with van der Waals surface area (Å²) in [5.41, 5.74) is 3.86. The summed E-state index contributed by atoms with van der Waals surface area (Å²) in [4.78, 5) is 0. The molecule has 0 amide bonds. The third kappa shape index (κ3) is 1.94. The first-order valence-corrected chi connectivity index (χ1v) is 9.90. The van der Waals surface area contributed by atoms with Crippen LogP contribution in [0.5, 0.6) is 0 Å². The first kappa shape index (κ1) is 15.3. The second kappa shape index (κ2) is 4.42. The van der Waals surface area contributed by atoms with Crippen LogP contribution in [0.25, 0.3) is 0 Å². The number of allylic oxidation sites excluding steroid dienone is 1. The molecule has 0 nitrogen and oxygen atoms in total. The Morgan fingerprint density at radius 2 is 1.50 bits per heavy atom. The average molecular weight is 301 g/mol. The van der Waals surface area contributed by atoms with Gasteiger partial charge in [0.15, 0.2) is 0 Å². The van der Waals surface area contributed by atoms with Gasteiger partial charge in [0, 0.05) is 0 Å². The predicted octanol–water partition coefficient (Wildman–Crippen LogP) is 6.76. The molecule has 0 aromatic carbocycles. The summed E-state index contributed by atoms with van der Waals surface area (Å²) in [7, 11) is 0. The van der Waals surface area contributed by atoms with Crippen molar-refractivity contribution in [3.8, 4) is 0 Å². The quantitative estimate of drug-likeness (QED) is 0.434. The smallest absolute Gasteiger partial charge is 0.0147 e. The molecule has 0 N–H and O–H groups in total. The van der Waals surface area contributed by atoms with E-state index in [-0.39, 0.29) is 0 Å². The topological polar surface area (TPSA) is 0 Å². The van der Waals surface area contributed by atoms with Gasteiger partial charge in [-0.15, -0.1) is 0 Å². The highest BCUT2D eigenvalue weighted by Crippen LogP contribution is 2.73. The molecule has 0 bridgehead atoms. The largest absolute Gasteiger partial charge is 0.0993 e. The van der Waals surface area contributed by atoms with E-state index in [1.54, 1.807) is 19.3 Å². The molecule has 4 aliphatic rings. The minimum atomic E-state index is 0.359. The fourth-order valence-corrected chi connectivity index (χ4v) is 7.42. The van der Waals surface area contributed by atoms with Crippen molar-refractivity contribution in [2.24, 2.45) is 33.5 Å². The highest BCUT2D eigenvalue weighted by atomic mass is 14.7. The Bertz CT molecular complexity index is 494. The summed E-state index contributed by atoms with van der Waals surface area (Å²) in [6, 6.07) is 0. The van der Waals surface area contributed by atoms with Crippen molar-refractivity contribution in [2.75, 3.05) is 0 Å². The van der Waals surface area contributed by atoms with E-state index < -0.39 is 0 Å². The summed E-state index contributed by atoms with van der Waals surface area (Å²) < 4.78 is 0. The Labute approximate surface area is 138 Å². The van der Waals surface area contributed by atoms with E-state index in [9.17, 15) is 0 Å². The van der Waals surface area contributed by atoms with Crippen molar-refractivity contribution in [1.29, 1.82) is 0 Å². The molecule has 0 radical (unpaired) electrons. The molecule has 1 spiro atoms. The average Bonchev–Trinajstić information content (AvgIpc) is 3.17. The minimum Gasteiger partial charge on any atom is -0.0993 e. The van der Waals surface area contributed by atoms with Crippen LogP contribution in [0.3, 0.4) is 0 Å². The summed E-state index contributed by atoms with van der Waals surface area (Å²) >= 11 is 0. The lowest BCUT2D eigenvalue weighted by Crippen LogP contribution is -2.52. The maximum absolute atomic E-state index is 4.53. The van der Waals surface area contributed by atoms with Gasteiger partial charge in [0.1, 0.15) is 0 Å². The van der Waals surface area contributed by atoms with Gasteiger partial charge in [0.05, 0.1) is 0 Å². The molecule has 4 atom stereocenters. The van der Waals surface area contributed by atoms with Gasteiger partial charge in [-0.3, -0.25) is 0 Å². The van der Waals surface area contributed by atoms with Crippen molar-refractivity contribution >= 4 is 0 Å². The van der Waals surface area contributed by atoms with Crippen molar-refractivity contribution in [3.05, 3.63) is 12.2 Å². The van der Waals surface area contributed by atoms with Gasteiger partial charge < -0.3 is 0 Å². The van der Waals surface area contributed by atoms with Crippen molar-refractivity contribution in [3.63, 3.8) is 0 Å². The Kier molecular flexibility index (Phi) is 3.07. The molecule has 4 rings (SSSR count). The van der Waals surface area contributed by atoms with E-state index in [0.717, 1.165) is 17.3 Å². The van der Waals surface area contributed by atoms with Gasteiger partial charge in [-0.1, -0.05) is 46.3 Å². The predicted molar refractivity (Wildman–Crippen MR) is 94.7 cm³/mol. The van der Waals surface area contributed by atoms with E-state index >= 15 is 0 Å². The van der Waals surface area contributed by atoms with E-state index in [2.05, 4.69) is 34.3 Å². The SMILES string of the molecule is C=C1C[C@@]2(C)CCC3C4(CCC[C@@]3(C)C2CCC1(C)C)CC4. The lowest BCUT2D eigenvalue weighted by molar-refractivity contribution is -0.112. The third-order valence-corrected chi connectivity index (χ3v) is 9.09. The lowest BCUT2D eigenvalue weighted by Gasteiger charge is -2.60. The minimum absolute atomic E-state index is 0.359. The van der Waals surface area contributed by atoms with E-state index in [1.807, 2.05) is 0 Å². The molecular formula is C22H36. The Hall–Kier alpha value is -0.260. The van der Waals surface area contributed by atoms with E-state index in [4.69, 9.17) is 0 Å². The standard InChI is InChI=1S/C22H36/c1-16-15-20(4)12-8-18-21(5,9-6-10-22(18)13-14-22)17(20)7-11-19(16,2)3/h17-18H,1,6-15H2,2-5H3/t17?,18?,20-,21+/m1/s1. The fourth-order valence-electron chi connectivity index (χ4n) is 7.42. The van der Waals surface area contributed by atoms with Crippen LogP contribution < -0.4 is 0 Å². The monoisotopic (exact) mass is 300 g/mol. The third-order valence-electron chi connectivity index (χ3n) is 9.09. The molecule has 22 heavy (non-hydrogen) atoms. The van der Waals surface area contributed by atoms with Gasteiger partial charge >= 0.3 is 0 Å². The molecule has 0 heterocycles. The first-order chi connectivity index (χ1) is 10.2. The first-order valence-electron chi connectivity index (χ1n) is 9.90. The van der Waals surface area contributed by atoms with Crippen LogP contribution in [-0.4, -0.2) is 0 Å². The number of fused-ring (bicyclic) bond motifs is 4. The summed E-state index contributed by atoms with van der Waals surface area (Å²) in [6.45, 7) is 14.8. The maximum atomic E-state index is 4.53. The maximum Gasteiger partial charge on any atom is -0.0147 e. The number of rotatable bonds is 0. The van der Waals surface area contributed by atoms with Crippen LogP contribution in [0.4, 0.5) is 0 Å². The van der Waals surface area contributed by atoms with E-state index in [1.165, 1.54) is 50.5 Å². The molecular weight excluding hydrogens is 264 g/mol. The molecule has 4 saturated carbocycles. The highest BCUT2D eigenvalue weighted by molar-refractivity contribution is 5.19. The normalized spacial score (nSPS) is 49.2. The summed E-state index contributed by atoms with van der Waals surface area (Å²) in [6.07, 6.45) is 14.7. The molecule has 2 unspecified atom stereocenters. The van der Waals surface area contributed by atoms with Crippen LogP contribution in [0.15, 0.2) is 12.2 Å². The molecule has 4 aliphatic carbocycles. The molecule has 0 aliphatic heterocycles. The van der Waals surface area contributed by atoms with E-state index in [0.29, 0.717) is 16.2 Å². The van der Waals surface area contributed by atoms with Crippen LogP contribution >= 0.6 is 0 Å². The zero-order valence-electron chi connectivity index (χ0n) is 15.4. The summed E-state index contributed by atoms with van der Waals surface area (Å²) in [5, 5.41) is 0. The zero-order chi connectivity index (χ0) is 15.8. The van der Waals surface area contributed by atoms with Crippen LogP contribution in [-0.2, 0) is 0 Å². The Balaban J connectivity index is 1.72. The molecule has 124 valence electrons. The van der Waals surface area contributed by atoms with Gasteiger partial charge in [-0.25, -0.2) is 0 Å². The second-order valence-electron chi connectivity index (χ2n) is 10.7. The van der Waals surface area contributed by atoms with Crippen molar-refractivity contribution < 1.29 is 0 Å². The van der Waals surface area contributed by atoms with Crippen molar-refractivity contribution in [1.82, 2.24) is 0 Å². The Morgan fingerprint density at radius 1 is 0.818 bits per heavy atom. The van der Waals surface area contributed by atoms with Crippen LogP contribution in [0.1, 0.15) is 91.9 Å². The molecule has 4 fully saturated rings. The number of hydrogen-bond acceptors (Lipinski definition) is 0. The van der Waals surface area contributed by atoms with Gasteiger partial charge in [-0.2, -0.15) is 0 Å². The fraction of sp³-hybridized carbons (Fsp3) is 0.909. The Morgan fingerprint density at radius 3 is 2.18 bits per heavy atom. The van der Waals surface area contributed by atoms with Gasteiger partial charge in [-0.05, 0) is 91.3 Å². The van der Waals surface area contributed by atoms with Gasteiger partial charge in [0.25, 0.3) is 0 Å². The molecule has 0 aromatic rings. The van der Waals surface area contributed by atoms with Crippen molar-refractivity contribution in [2.45, 2.75) is 91.9 Å². The lowest BCUT2D eigenvalue weighted by atomic mass is 9.44. The molecule has 0 heteroatoms. The second-order valence-corrected chi connectivity index (χ2v) is 10.7. The molecule has 0 saturated heterocycles. The zero-order valence-corrected chi connectivity index (χ0v) is 15.4. The van der Waals surface area contributed by atoms with Gasteiger partial charge in [0.2, 0.25) is 0 Å².